The van der Waals surface area contributed by atoms with E-state index in [1.54, 1.807) is 0 Å². The highest BCUT2D eigenvalue weighted by atomic mass is 32.1. The molecule has 0 radical (unpaired) electrons. The lowest BCUT2D eigenvalue weighted by atomic mass is 10.1. The van der Waals surface area contributed by atoms with Gasteiger partial charge in [0.2, 0.25) is 0 Å². The lowest BCUT2D eigenvalue weighted by molar-refractivity contribution is 0.391. The van der Waals surface area contributed by atoms with E-state index in [4.69, 9.17) is 12.2 Å². The zero-order valence-electron chi connectivity index (χ0n) is 16.2. The SMILES string of the molecule is CCCCCCN(CCCCCC)C(=S)Nc1ccc(C)cc1C. The molecule has 0 aliphatic heterocycles. The van der Waals surface area contributed by atoms with Crippen LogP contribution in [0.4, 0.5) is 5.69 Å². The summed E-state index contributed by atoms with van der Waals surface area (Å²) in [7, 11) is 0. The first kappa shape index (κ1) is 21.0. The second-order valence-corrected chi connectivity index (χ2v) is 7.24. The molecule has 0 saturated carbocycles. The first-order valence-electron chi connectivity index (χ1n) is 9.71. The Labute approximate surface area is 155 Å². The minimum absolute atomic E-state index is 0.884. The molecule has 0 spiro atoms. The predicted octanol–water partition coefficient (Wildman–Crippen LogP) is 6.46. The summed E-state index contributed by atoms with van der Waals surface area (Å²) in [6, 6.07) is 6.49. The fourth-order valence-corrected chi connectivity index (χ4v) is 3.21. The van der Waals surface area contributed by atoms with Crippen LogP contribution in [-0.4, -0.2) is 23.1 Å². The monoisotopic (exact) mass is 348 g/mol. The number of aryl methyl sites for hydroxylation is 2. The summed E-state index contributed by atoms with van der Waals surface area (Å²) in [6.07, 6.45) is 10.3. The number of hydrogen-bond donors (Lipinski definition) is 1. The van der Waals surface area contributed by atoms with Crippen LogP contribution in [0.5, 0.6) is 0 Å². The zero-order chi connectivity index (χ0) is 17.8. The van der Waals surface area contributed by atoms with Crippen LogP contribution in [0.1, 0.15) is 76.3 Å². The van der Waals surface area contributed by atoms with Crippen LogP contribution in [0.15, 0.2) is 18.2 Å². The van der Waals surface area contributed by atoms with Crippen LogP contribution in [0.2, 0.25) is 0 Å². The second kappa shape index (κ2) is 12.3. The Bertz CT molecular complexity index is 473. The van der Waals surface area contributed by atoms with Crippen LogP contribution in [-0.2, 0) is 0 Å². The van der Waals surface area contributed by atoms with Crippen molar-refractivity contribution < 1.29 is 0 Å². The standard InChI is InChI=1S/C21H36N2S/c1-5-7-9-11-15-23(16-12-10-8-6-2)21(24)22-20-14-13-18(3)17-19(20)4/h13-14,17H,5-12,15-16H2,1-4H3,(H,22,24). The number of benzene rings is 1. The van der Waals surface area contributed by atoms with Gasteiger partial charge < -0.3 is 10.2 Å². The molecule has 0 heterocycles. The third kappa shape index (κ3) is 8.14. The highest BCUT2D eigenvalue weighted by Gasteiger charge is 2.10. The van der Waals surface area contributed by atoms with Gasteiger partial charge in [0.25, 0.3) is 0 Å². The molecule has 0 bridgehead atoms. The molecule has 1 aromatic carbocycles. The maximum absolute atomic E-state index is 5.72. The van der Waals surface area contributed by atoms with Gasteiger partial charge >= 0.3 is 0 Å². The maximum Gasteiger partial charge on any atom is 0.173 e. The smallest absolute Gasteiger partial charge is 0.173 e. The van der Waals surface area contributed by atoms with E-state index in [0.29, 0.717) is 0 Å². The summed E-state index contributed by atoms with van der Waals surface area (Å²) < 4.78 is 0. The van der Waals surface area contributed by atoms with Crippen molar-refractivity contribution in [2.45, 2.75) is 79.1 Å². The molecule has 0 aliphatic carbocycles. The molecule has 1 aromatic rings. The molecular formula is C21H36N2S. The van der Waals surface area contributed by atoms with Crippen LogP contribution in [0, 0.1) is 13.8 Å². The predicted molar refractivity (Wildman–Crippen MR) is 112 cm³/mol. The summed E-state index contributed by atoms with van der Waals surface area (Å²) in [4.78, 5) is 2.37. The van der Waals surface area contributed by atoms with Gasteiger partial charge in [-0.1, -0.05) is 70.1 Å². The highest BCUT2D eigenvalue weighted by Crippen LogP contribution is 2.17. The van der Waals surface area contributed by atoms with Crippen molar-refractivity contribution >= 4 is 23.0 Å². The maximum atomic E-state index is 5.72. The Morgan fingerprint density at radius 3 is 2.00 bits per heavy atom. The van der Waals surface area contributed by atoms with Gasteiger partial charge in [0.15, 0.2) is 5.11 Å². The van der Waals surface area contributed by atoms with Gasteiger partial charge in [0.05, 0.1) is 0 Å². The molecule has 1 rings (SSSR count). The van der Waals surface area contributed by atoms with E-state index < -0.39 is 0 Å². The van der Waals surface area contributed by atoms with Crippen molar-refractivity contribution in [3.8, 4) is 0 Å². The molecule has 0 fully saturated rings. The van der Waals surface area contributed by atoms with E-state index in [1.165, 1.54) is 62.5 Å². The van der Waals surface area contributed by atoms with Gasteiger partial charge in [-0.3, -0.25) is 0 Å². The Morgan fingerprint density at radius 2 is 1.50 bits per heavy atom. The Hall–Kier alpha value is -1.09. The Balaban J connectivity index is 2.59. The van der Waals surface area contributed by atoms with Crippen LogP contribution >= 0.6 is 12.2 Å². The van der Waals surface area contributed by atoms with E-state index in [-0.39, 0.29) is 0 Å². The molecule has 0 aliphatic rings. The first-order chi connectivity index (χ1) is 11.6. The minimum atomic E-state index is 0.884. The molecule has 3 heteroatoms. The van der Waals surface area contributed by atoms with Gasteiger partial charge in [-0.15, -0.1) is 0 Å². The van der Waals surface area contributed by atoms with Crippen LogP contribution in [0.25, 0.3) is 0 Å². The normalized spacial score (nSPS) is 10.7. The Morgan fingerprint density at radius 1 is 0.917 bits per heavy atom. The number of unbranched alkanes of at least 4 members (excludes halogenated alkanes) is 6. The number of hydrogen-bond acceptors (Lipinski definition) is 1. The summed E-state index contributed by atoms with van der Waals surface area (Å²) in [5.41, 5.74) is 3.69. The average molecular weight is 349 g/mol. The fraction of sp³-hybridized carbons (Fsp3) is 0.667. The molecule has 0 aromatic heterocycles. The van der Waals surface area contributed by atoms with Crippen molar-refractivity contribution in [1.29, 1.82) is 0 Å². The molecular weight excluding hydrogens is 312 g/mol. The van der Waals surface area contributed by atoms with Crippen molar-refractivity contribution in [2.24, 2.45) is 0 Å². The van der Waals surface area contributed by atoms with E-state index >= 15 is 0 Å². The van der Waals surface area contributed by atoms with Crippen LogP contribution in [0.3, 0.4) is 0 Å². The first-order valence-corrected chi connectivity index (χ1v) is 10.1. The molecule has 136 valence electrons. The third-order valence-electron chi connectivity index (χ3n) is 4.47. The van der Waals surface area contributed by atoms with E-state index in [1.807, 2.05) is 0 Å². The summed E-state index contributed by atoms with van der Waals surface area (Å²) >= 11 is 5.72. The largest absolute Gasteiger partial charge is 0.349 e. The molecule has 0 saturated heterocycles. The average Bonchev–Trinajstić information content (AvgIpc) is 2.56. The van der Waals surface area contributed by atoms with Crippen molar-refractivity contribution in [3.63, 3.8) is 0 Å². The van der Waals surface area contributed by atoms with Gasteiger partial charge in [-0.25, -0.2) is 0 Å². The lowest BCUT2D eigenvalue weighted by Crippen LogP contribution is -2.36. The zero-order valence-corrected chi connectivity index (χ0v) is 17.0. The quantitative estimate of drug-likeness (QED) is 0.365. The van der Waals surface area contributed by atoms with E-state index in [0.717, 1.165) is 23.9 Å². The highest BCUT2D eigenvalue weighted by molar-refractivity contribution is 7.80. The molecule has 0 unspecified atom stereocenters. The van der Waals surface area contributed by atoms with E-state index in [9.17, 15) is 0 Å². The molecule has 1 N–H and O–H groups in total. The van der Waals surface area contributed by atoms with Crippen molar-refractivity contribution in [3.05, 3.63) is 29.3 Å². The summed E-state index contributed by atoms with van der Waals surface area (Å²) in [6.45, 7) is 10.9. The van der Waals surface area contributed by atoms with Crippen LogP contribution < -0.4 is 5.32 Å². The number of nitrogens with zero attached hydrogens (tertiary/aromatic N) is 1. The third-order valence-corrected chi connectivity index (χ3v) is 4.83. The van der Waals surface area contributed by atoms with Gasteiger partial charge in [-0.2, -0.15) is 0 Å². The minimum Gasteiger partial charge on any atom is -0.349 e. The molecule has 0 atom stereocenters. The molecule has 0 amide bonds. The molecule has 2 nitrogen and oxygen atoms in total. The summed E-state index contributed by atoms with van der Waals surface area (Å²) in [5.74, 6) is 0. The topological polar surface area (TPSA) is 15.3 Å². The lowest BCUT2D eigenvalue weighted by Gasteiger charge is -2.26. The number of anilines is 1. The number of rotatable bonds is 11. The van der Waals surface area contributed by atoms with Gasteiger partial charge in [0.1, 0.15) is 0 Å². The molecule has 24 heavy (non-hydrogen) atoms. The van der Waals surface area contributed by atoms with E-state index in [2.05, 4.69) is 56.1 Å². The van der Waals surface area contributed by atoms with Gasteiger partial charge in [0, 0.05) is 18.8 Å². The fourth-order valence-electron chi connectivity index (χ4n) is 2.92. The number of thiocarbonyl (C=S) groups is 1. The van der Waals surface area contributed by atoms with Crippen molar-refractivity contribution in [2.75, 3.05) is 18.4 Å². The van der Waals surface area contributed by atoms with Gasteiger partial charge in [-0.05, 0) is 50.5 Å². The van der Waals surface area contributed by atoms with Crippen molar-refractivity contribution in [1.82, 2.24) is 4.90 Å². The second-order valence-electron chi connectivity index (χ2n) is 6.86. The number of nitrogens with one attached hydrogen (secondary N) is 1. The summed E-state index contributed by atoms with van der Waals surface area (Å²) in [5, 5.41) is 4.36. The Kier molecular flexibility index (Phi) is 10.7.